The molecule has 1 aromatic carbocycles. The van der Waals surface area contributed by atoms with E-state index in [0.29, 0.717) is 19.1 Å². The zero-order valence-corrected chi connectivity index (χ0v) is 11.7. The lowest BCUT2D eigenvalue weighted by molar-refractivity contribution is 0.0535. The van der Waals surface area contributed by atoms with Crippen molar-refractivity contribution in [3.63, 3.8) is 0 Å². The maximum atomic E-state index is 12.7. The van der Waals surface area contributed by atoms with Gasteiger partial charge in [-0.05, 0) is 36.5 Å². The van der Waals surface area contributed by atoms with Crippen LogP contribution < -0.4 is 0 Å². The number of hydrogen-bond donors (Lipinski definition) is 0. The second kappa shape index (κ2) is 7.24. The molecule has 0 radical (unpaired) electrons. The molecule has 0 spiro atoms. The number of methoxy groups -OCH3 is 1. The summed E-state index contributed by atoms with van der Waals surface area (Å²) in [5.41, 5.74) is 0.971. The van der Waals surface area contributed by atoms with E-state index in [1.165, 1.54) is 19.2 Å². The second-order valence-corrected chi connectivity index (χ2v) is 5.04. The van der Waals surface area contributed by atoms with Gasteiger partial charge in [0.05, 0.1) is 13.7 Å². The van der Waals surface area contributed by atoms with Crippen LogP contribution in [0.2, 0.25) is 0 Å². The fourth-order valence-electron chi connectivity index (χ4n) is 2.34. The van der Waals surface area contributed by atoms with Gasteiger partial charge in [-0.15, -0.1) is 0 Å². The molecule has 0 aromatic heterocycles. The van der Waals surface area contributed by atoms with Crippen molar-refractivity contribution in [3.8, 4) is 0 Å². The Labute approximate surface area is 118 Å². The fourth-order valence-corrected chi connectivity index (χ4v) is 2.34. The monoisotopic (exact) mass is 281 g/mol. The summed E-state index contributed by atoms with van der Waals surface area (Å²) in [4.78, 5) is 13.1. The van der Waals surface area contributed by atoms with Gasteiger partial charge in [0.1, 0.15) is 5.82 Å². The molecule has 1 fully saturated rings. The first kappa shape index (κ1) is 14.8. The summed E-state index contributed by atoms with van der Waals surface area (Å²) >= 11 is 0. The first-order valence-electron chi connectivity index (χ1n) is 6.84. The minimum Gasteiger partial charge on any atom is -0.453 e. The number of ether oxygens (including phenoxy) is 2. The number of halogens is 1. The van der Waals surface area contributed by atoms with Gasteiger partial charge in [0, 0.05) is 19.7 Å². The summed E-state index contributed by atoms with van der Waals surface area (Å²) in [5, 5.41) is 0. The highest BCUT2D eigenvalue weighted by Crippen LogP contribution is 2.18. The minimum absolute atomic E-state index is 0.232. The van der Waals surface area contributed by atoms with Crippen molar-refractivity contribution in [3.05, 3.63) is 35.6 Å². The highest BCUT2D eigenvalue weighted by atomic mass is 19.1. The van der Waals surface area contributed by atoms with Crippen LogP contribution >= 0.6 is 0 Å². The normalized spacial score (nSPS) is 16.2. The fraction of sp³-hybridized carbons (Fsp3) is 0.533. The zero-order chi connectivity index (χ0) is 14.4. The molecular weight excluding hydrogens is 261 g/mol. The smallest absolute Gasteiger partial charge is 0.409 e. The molecule has 4 nitrogen and oxygen atoms in total. The lowest BCUT2D eigenvalue weighted by Gasteiger charge is -2.30. The highest BCUT2D eigenvalue weighted by molar-refractivity contribution is 5.67. The van der Waals surface area contributed by atoms with Crippen LogP contribution in [0.3, 0.4) is 0 Å². The molecule has 0 N–H and O–H groups in total. The van der Waals surface area contributed by atoms with Gasteiger partial charge in [-0.1, -0.05) is 12.1 Å². The number of likely N-dealkylation sites (tertiary alicyclic amines) is 1. The number of hydrogen-bond acceptors (Lipinski definition) is 3. The third-order valence-electron chi connectivity index (χ3n) is 3.58. The molecule has 0 aliphatic carbocycles. The molecule has 1 saturated heterocycles. The van der Waals surface area contributed by atoms with E-state index in [0.717, 1.165) is 31.5 Å². The molecule has 1 aromatic rings. The molecule has 0 bridgehead atoms. The highest BCUT2D eigenvalue weighted by Gasteiger charge is 2.23. The Morgan fingerprint density at radius 2 is 1.95 bits per heavy atom. The molecule has 1 aliphatic rings. The van der Waals surface area contributed by atoms with Crippen LogP contribution in [0.1, 0.15) is 18.4 Å². The average molecular weight is 281 g/mol. The van der Waals surface area contributed by atoms with Gasteiger partial charge in [-0.25, -0.2) is 9.18 Å². The SMILES string of the molecule is COC(=O)N1CCC(COCc2ccc(F)cc2)CC1. The van der Waals surface area contributed by atoms with Crippen LogP contribution in [0.5, 0.6) is 0 Å². The van der Waals surface area contributed by atoms with Gasteiger partial charge < -0.3 is 14.4 Å². The van der Waals surface area contributed by atoms with Crippen LogP contribution in [-0.2, 0) is 16.1 Å². The number of rotatable bonds is 4. The summed E-state index contributed by atoms with van der Waals surface area (Å²) in [6.07, 6.45) is 1.60. The molecule has 0 atom stereocenters. The van der Waals surface area contributed by atoms with E-state index in [1.807, 2.05) is 0 Å². The Morgan fingerprint density at radius 3 is 2.55 bits per heavy atom. The largest absolute Gasteiger partial charge is 0.453 e. The predicted molar refractivity (Wildman–Crippen MR) is 72.8 cm³/mol. The predicted octanol–water partition coefficient (Wildman–Crippen LogP) is 2.82. The molecule has 5 heteroatoms. The van der Waals surface area contributed by atoms with E-state index >= 15 is 0 Å². The molecule has 110 valence electrons. The van der Waals surface area contributed by atoms with Crippen molar-refractivity contribution < 1.29 is 18.7 Å². The summed E-state index contributed by atoms with van der Waals surface area (Å²) in [6, 6.07) is 6.34. The molecule has 1 aliphatic heterocycles. The van der Waals surface area contributed by atoms with Crippen LogP contribution in [0.25, 0.3) is 0 Å². The molecule has 2 rings (SSSR count). The Hall–Kier alpha value is -1.62. The Balaban J connectivity index is 1.66. The van der Waals surface area contributed by atoms with Crippen LogP contribution in [-0.4, -0.2) is 37.8 Å². The molecule has 20 heavy (non-hydrogen) atoms. The molecule has 1 amide bonds. The number of piperidine rings is 1. The lowest BCUT2D eigenvalue weighted by Crippen LogP contribution is -2.39. The first-order valence-corrected chi connectivity index (χ1v) is 6.84. The summed E-state index contributed by atoms with van der Waals surface area (Å²) in [7, 11) is 1.40. The van der Waals surface area contributed by atoms with Crippen molar-refractivity contribution in [2.75, 3.05) is 26.8 Å². The van der Waals surface area contributed by atoms with Gasteiger partial charge in [0.15, 0.2) is 0 Å². The number of carbonyl (C=O) groups is 1. The third kappa shape index (κ3) is 4.20. The Kier molecular flexibility index (Phi) is 5.35. The second-order valence-electron chi connectivity index (χ2n) is 5.04. The summed E-state index contributed by atoms with van der Waals surface area (Å²) in [6.45, 7) is 2.61. The molecule has 1 heterocycles. The molecular formula is C15H20FNO3. The van der Waals surface area contributed by atoms with Gasteiger partial charge in [-0.3, -0.25) is 0 Å². The maximum absolute atomic E-state index is 12.7. The Bertz CT molecular complexity index is 427. The van der Waals surface area contributed by atoms with E-state index in [2.05, 4.69) is 0 Å². The Morgan fingerprint density at radius 1 is 1.30 bits per heavy atom. The van der Waals surface area contributed by atoms with Gasteiger partial charge in [0.25, 0.3) is 0 Å². The van der Waals surface area contributed by atoms with Gasteiger partial charge in [-0.2, -0.15) is 0 Å². The van der Waals surface area contributed by atoms with Crippen molar-refractivity contribution in [2.24, 2.45) is 5.92 Å². The lowest BCUT2D eigenvalue weighted by atomic mass is 9.98. The van der Waals surface area contributed by atoms with E-state index in [9.17, 15) is 9.18 Å². The topological polar surface area (TPSA) is 38.8 Å². The average Bonchev–Trinajstić information content (AvgIpc) is 2.49. The third-order valence-corrected chi connectivity index (χ3v) is 3.58. The van der Waals surface area contributed by atoms with Crippen molar-refractivity contribution >= 4 is 6.09 Å². The van der Waals surface area contributed by atoms with Crippen molar-refractivity contribution in [1.82, 2.24) is 4.90 Å². The molecule has 0 unspecified atom stereocenters. The maximum Gasteiger partial charge on any atom is 0.409 e. The van der Waals surface area contributed by atoms with E-state index in [-0.39, 0.29) is 11.9 Å². The van der Waals surface area contributed by atoms with Gasteiger partial charge in [0.2, 0.25) is 0 Å². The standard InChI is InChI=1S/C15H20FNO3/c1-19-15(18)17-8-6-13(7-9-17)11-20-10-12-2-4-14(16)5-3-12/h2-5,13H,6-11H2,1H3. The minimum atomic E-state index is -0.254. The number of nitrogens with zero attached hydrogens (tertiary/aromatic N) is 1. The van der Waals surface area contributed by atoms with E-state index in [1.54, 1.807) is 17.0 Å². The first-order chi connectivity index (χ1) is 9.69. The quantitative estimate of drug-likeness (QED) is 0.852. The van der Waals surface area contributed by atoms with E-state index < -0.39 is 0 Å². The number of benzene rings is 1. The summed E-state index contributed by atoms with van der Waals surface area (Å²) in [5.74, 6) is 0.236. The van der Waals surface area contributed by atoms with Crippen molar-refractivity contribution in [1.29, 1.82) is 0 Å². The summed E-state index contributed by atoms with van der Waals surface area (Å²) < 4.78 is 23.1. The van der Waals surface area contributed by atoms with Crippen LogP contribution in [0.4, 0.5) is 9.18 Å². The van der Waals surface area contributed by atoms with Crippen molar-refractivity contribution in [2.45, 2.75) is 19.4 Å². The number of carbonyl (C=O) groups excluding carboxylic acids is 1. The van der Waals surface area contributed by atoms with E-state index in [4.69, 9.17) is 9.47 Å². The zero-order valence-electron chi connectivity index (χ0n) is 11.7. The van der Waals surface area contributed by atoms with Crippen LogP contribution in [0, 0.1) is 11.7 Å². The van der Waals surface area contributed by atoms with Crippen LogP contribution in [0.15, 0.2) is 24.3 Å². The van der Waals surface area contributed by atoms with Gasteiger partial charge >= 0.3 is 6.09 Å². The molecule has 0 saturated carbocycles. The number of amides is 1.